The van der Waals surface area contributed by atoms with Crippen molar-refractivity contribution in [1.29, 1.82) is 0 Å². The van der Waals surface area contributed by atoms with Gasteiger partial charge >= 0.3 is 0 Å². The van der Waals surface area contributed by atoms with Crippen LogP contribution < -0.4 is 0 Å². The molecule has 3 rings (SSSR count). The Kier molecular flexibility index (Phi) is 11.9. The number of benzene rings is 1. The number of aliphatic hydroxyl groups excluding tert-OH is 1. The number of likely N-dealkylation sites (tertiary alicyclic amines) is 1. The normalized spacial score (nSPS) is 23.5. The molecule has 1 aromatic rings. The van der Waals surface area contributed by atoms with Crippen LogP contribution in [0.5, 0.6) is 0 Å². The van der Waals surface area contributed by atoms with Crippen LogP contribution in [0.15, 0.2) is 42.2 Å². The molecule has 2 aliphatic rings. The molecule has 0 bridgehead atoms. The monoisotopic (exact) mass is 475 g/mol. The fraction of sp³-hybridized carbons (Fsp3) is 0.667. The quantitative estimate of drug-likeness (QED) is 0.463. The Balaban J connectivity index is 1.74. The number of nitrogens with zero attached hydrogens (tertiary/aromatic N) is 1. The molecule has 0 unspecified atom stereocenters. The minimum absolute atomic E-state index is 0.00514. The van der Waals surface area contributed by atoms with Gasteiger partial charge in [-0.1, -0.05) is 49.6 Å². The summed E-state index contributed by atoms with van der Waals surface area (Å²) in [5.74, 6) is 0.393. The molecular weight excluding hydrogens is 434 g/mol. The lowest BCUT2D eigenvalue weighted by atomic mass is 9.81. The topological polar surface area (TPSA) is 77.5 Å². The van der Waals surface area contributed by atoms with E-state index in [-0.39, 0.29) is 24.3 Å². The molecule has 190 valence electrons. The van der Waals surface area contributed by atoms with Gasteiger partial charge in [-0.2, -0.15) is 0 Å². The summed E-state index contributed by atoms with van der Waals surface area (Å²) in [6.07, 6.45) is 7.89. The van der Waals surface area contributed by atoms with Crippen molar-refractivity contribution in [3.63, 3.8) is 0 Å². The van der Waals surface area contributed by atoms with E-state index in [2.05, 4.69) is 12.1 Å². The third-order valence-corrected chi connectivity index (χ3v) is 6.46. The van der Waals surface area contributed by atoms with Crippen molar-refractivity contribution >= 4 is 5.91 Å². The Hall–Kier alpha value is -1.93. The van der Waals surface area contributed by atoms with Crippen molar-refractivity contribution in [2.24, 2.45) is 5.92 Å². The van der Waals surface area contributed by atoms with Crippen LogP contribution in [-0.2, 0) is 23.7 Å². The second-order valence-electron chi connectivity index (χ2n) is 8.87. The zero-order chi connectivity index (χ0) is 24.0. The van der Waals surface area contributed by atoms with Crippen LogP contribution in [0.3, 0.4) is 0 Å². The molecule has 2 aliphatic heterocycles. The number of carbonyl (C=O) groups excluding carboxylic acids is 1. The second-order valence-corrected chi connectivity index (χ2v) is 8.87. The summed E-state index contributed by atoms with van der Waals surface area (Å²) in [7, 11) is 0. The highest BCUT2D eigenvalue weighted by atomic mass is 16.7. The number of rotatable bonds is 12. The van der Waals surface area contributed by atoms with E-state index >= 15 is 0 Å². The lowest BCUT2D eigenvalue weighted by Crippen LogP contribution is -2.41. The summed E-state index contributed by atoms with van der Waals surface area (Å²) in [6.45, 7) is 5.81. The molecule has 1 aromatic carbocycles. The Morgan fingerprint density at radius 1 is 1.00 bits per heavy atom. The first-order valence-corrected chi connectivity index (χ1v) is 12.8. The Morgan fingerprint density at radius 3 is 2.35 bits per heavy atom. The van der Waals surface area contributed by atoms with Crippen LogP contribution in [0.2, 0.25) is 0 Å². The first kappa shape index (κ1) is 26.7. The molecule has 1 saturated heterocycles. The van der Waals surface area contributed by atoms with Gasteiger partial charge < -0.3 is 29.0 Å². The van der Waals surface area contributed by atoms with Crippen molar-refractivity contribution in [2.75, 3.05) is 52.7 Å². The number of aliphatic hydroxyl groups is 1. The molecule has 1 amide bonds. The minimum atomic E-state index is -0.511. The van der Waals surface area contributed by atoms with E-state index in [1.807, 2.05) is 36.1 Å². The number of amides is 1. The lowest BCUT2D eigenvalue weighted by molar-refractivity contribution is -0.172. The molecule has 7 nitrogen and oxygen atoms in total. The summed E-state index contributed by atoms with van der Waals surface area (Å²) in [5.41, 5.74) is 1.14. The zero-order valence-corrected chi connectivity index (χ0v) is 20.5. The van der Waals surface area contributed by atoms with Gasteiger partial charge in [0.25, 0.3) is 5.91 Å². The van der Waals surface area contributed by atoms with Gasteiger partial charge in [-0.3, -0.25) is 4.79 Å². The maximum absolute atomic E-state index is 13.5. The average molecular weight is 476 g/mol. The van der Waals surface area contributed by atoms with Crippen LogP contribution in [0.4, 0.5) is 0 Å². The molecule has 0 spiro atoms. The van der Waals surface area contributed by atoms with E-state index in [9.17, 15) is 4.79 Å². The molecule has 34 heavy (non-hydrogen) atoms. The first-order chi connectivity index (χ1) is 16.7. The van der Waals surface area contributed by atoms with E-state index < -0.39 is 6.29 Å². The van der Waals surface area contributed by atoms with Crippen molar-refractivity contribution in [3.8, 4) is 0 Å². The number of hydrogen-bond donors (Lipinski definition) is 1. The van der Waals surface area contributed by atoms with Crippen LogP contribution in [0.1, 0.15) is 56.9 Å². The molecule has 1 N–H and O–H groups in total. The summed E-state index contributed by atoms with van der Waals surface area (Å²) < 4.78 is 23.3. The van der Waals surface area contributed by atoms with Gasteiger partial charge in [-0.15, -0.1) is 0 Å². The lowest BCUT2D eigenvalue weighted by Gasteiger charge is -2.38. The predicted octanol–water partition coefficient (Wildman–Crippen LogP) is 3.87. The summed E-state index contributed by atoms with van der Waals surface area (Å²) in [6, 6.07) is 10.3. The van der Waals surface area contributed by atoms with Crippen molar-refractivity contribution < 1.29 is 28.8 Å². The van der Waals surface area contributed by atoms with Crippen LogP contribution in [0, 0.1) is 5.92 Å². The van der Waals surface area contributed by atoms with Gasteiger partial charge in [-0.25, -0.2) is 0 Å². The Morgan fingerprint density at radius 2 is 1.68 bits per heavy atom. The molecule has 1 fully saturated rings. The van der Waals surface area contributed by atoms with E-state index in [0.29, 0.717) is 38.8 Å². The third-order valence-electron chi connectivity index (χ3n) is 6.46. The molecule has 0 aromatic heterocycles. The number of hydrogen-bond acceptors (Lipinski definition) is 6. The van der Waals surface area contributed by atoms with Gasteiger partial charge in [0, 0.05) is 38.1 Å². The van der Waals surface area contributed by atoms with Crippen molar-refractivity contribution in [1.82, 2.24) is 4.90 Å². The molecular formula is C27H41NO6. The van der Waals surface area contributed by atoms with Crippen molar-refractivity contribution in [3.05, 3.63) is 47.7 Å². The van der Waals surface area contributed by atoms with Crippen molar-refractivity contribution in [2.45, 2.75) is 57.7 Å². The predicted molar refractivity (Wildman–Crippen MR) is 130 cm³/mol. The number of allylic oxidation sites excluding steroid dienone is 1. The second kappa shape index (κ2) is 15.1. The SMILES string of the molecule is CCO[C@@H]1OC(C(=O)N2CCCCCCC2)=C[C@H](c2ccccc2)[C@H]1CCOCCOCCO. The Bertz CT molecular complexity index is 732. The van der Waals surface area contributed by atoms with Gasteiger partial charge in [-0.05, 0) is 37.8 Å². The minimum Gasteiger partial charge on any atom is -0.459 e. The summed E-state index contributed by atoms with van der Waals surface area (Å²) in [5, 5.41) is 8.80. The average Bonchev–Trinajstić information content (AvgIpc) is 2.84. The highest BCUT2D eigenvalue weighted by Gasteiger charge is 2.38. The fourth-order valence-corrected chi connectivity index (χ4v) is 4.70. The first-order valence-electron chi connectivity index (χ1n) is 12.8. The van der Waals surface area contributed by atoms with Gasteiger partial charge in [0.15, 0.2) is 5.76 Å². The van der Waals surface area contributed by atoms with E-state index in [1.165, 1.54) is 19.3 Å². The van der Waals surface area contributed by atoms with E-state index in [1.54, 1.807) is 0 Å². The standard InChI is InChI=1S/C27H41NO6/c1-2-33-27-23(13-17-31-19-20-32-18-16-29)24(22-11-7-6-8-12-22)21-25(34-27)26(30)28-14-9-4-3-5-10-15-28/h6-8,11-12,21,23-24,27,29H,2-5,9-10,13-20H2,1H3/t23-,24-,27-/m1/s1. The number of ether oxygens (including phenoxy) is 4. The smallest absolute Gasteiger partial charge is 0.288 e. The highest BCUT2D eigenvalue weighted by Crippen LogP contribution is 2.39. The zero-order valence-electron chi connectivity index (χ0n) is 20.5. The molecule has 7 heteroatoms. The highest BCUT2D eigenvalue weighted by molar-refractivity contribution is 5.91. The Labute approximate surface area is 204 Å². The summed E-state index contributed by atoms with van der Waals surface area (Å²) >= 11 is 0. The molecule has 3 atom stereocenters. The van der Waals surface area contributed by atoms with Gasteiger partial charge in [0.1, 0.15) is 0 Å². The van der Waals surface area contributed by atoms with Crippen LogP contribution >= 0.6 is 0 Å². The fourth-order valence-electron chi connectivity index (χ4n) is 4.70. The molecule has 0 saturated carbocycles. The van der Waals surface area contributed by atoms with E-state index in [4.69, 9.17) is 24.1 Å². The van der Waals surface area contributed by atoms with Crippen LogP contribution in [0.25, 0.3) is 0 Å². The molecule has 2 heterocycles. The maximum atomic E-state index is 13.5. The molecule has 0 aliphatic carbocycles. The van der Waals surface area contributed by atoms with E-state index in [0.717, 1.165) is 37.9 Å². The number of carbonyl (C=O) groups is 1. The molecule has 0 radical (unpaired) electrons. The summed E-state index contributed by atoms with van der Waals surface area (Å²) in [4.78, 5) is 15.4. The largest absolute Gasteiger partial charge is 0.459 e. The third kappa shape index (κ3) is 8.08. The van der Waals surface area contributed by atoms with Gasteiger partial charge in [0.2, 0.25) is 6.29 Å². The van der Waals surface area contributed by atoms with Gasteiger partial charge in [0.05, 0.1) is 26.4 Å². The maximum Gasteiger partial charge on any atom is 0.288 e. The van der Waals surface area contributed by atoms with Crippen LogP contribution in [-0.4, -0.2) is 74.9 Å².